The van der Waals surface area contributed by atoms with Crippen molar-refractivity contribution < 1.29 is 9.53 Å². The van der Waals surface area contributed by atoms with Gasteiger partial charge in [0.1, 0.15) is 18.1 Å². The average molecular weight is 257 g/mol. The smallest absolute Gasteiger partial charge is 0.267 e. The molecule has 0 unspecified atom stereocenters. The third-order valence-electron chi connectivity index (χ3n) is 2.46. The minimum Gasteiger partial charge on any atom is -0.492 e. The van der Waals surface area contributed by atoms with Gasteiger partial charge < -0.3 is 15.8 Å². The summed E-state index contributed by atoms with van der Waals surface area (Å²) in [6, 6.07) is 13.0. The van der Waals surface area contributed by atoms with Crippen molar-refractivity contribution in [1.29, 1.82) is 0 Å². The Hall–Kier alpha value is -2.56. The Balaban J connectivity index is 1.80. The summed E-state index contributed by atoms with van der Waals surface area (Å²) in [5.74, 6) is 0.293. The lowest BCUT2D eigenvalue weighted by atomic mass is 10.3. The summed E-state index contributed by atoms with van der Waals surface area (Å²) in [6.07, 6.45) is 1.54. The summed E-state index contributed by atoms with van der Waals surface area (Å²) in [6.45, 7) is 1.15. The Morgan fingerprint density at radius 2 is 2.05 bits per heavy atom. The van der Waals surface area contributed by atoms with E-state index >= 15 is 0 Å². The van der Waals surface area contributed by atoms with Crippen molar-refractivity contribution in [3.05, 3.63) is 54.4 Å². The summed E-state index contributed by atoms with van der Waals surface area (Å²) < 4.78 is 5.54. The van der Waals surface area contributed by atoms with Crippen LogP contribution in [0.15, 0.2) is 48.7 Å². The van der Waals surface area contributed by atoms with Gasteiger partial charge in [0.25, 0.3) is 5.91 Å². The summed E-state index contributed by atoms with van der Waals surface area (Å²) in [5.41, 5.74) is 6.20. The van der Waals surface area contributed by atoms with E-state index in [0.29, 0.717) is 13.2 Å². The topological polar surface area (TPSA) is 77.2 Å². The molecule has 5 nitrogen and oxygen atoms in total. The van der Waals surface area contributed by atoms with Gasteiger partial charge in [0.15, 0.2) is 0 Å². The average Bonchev–Trinajstić information content (AvgIpc) is 2.45. The van der Waals surface area contributed by atoms with Crippen LogP contribution in [-0.4, -0.2) is 24.0 Å². The molecule has 0 saturated heterocycles. The highest BCUT2D eigenvalue weighted by Crippen LogP contribution is 2.09. The molecule has 98 valence electrons. The molecule has 0 fully saturated rings. The van der Waals surface area contributed by atoms with Crippen molar-refractivity contribution in [3.8, 4) is 5.75 Å². The molecule has 19 heavy (non-hydrogen) atoms. The van der Waals surface area contributed by atoms with E-state index in [-0.39, 0.29) is 5.69 Å². The van der Waals surface area contributed by atoms with E-state index in [0.717, 1.165) is 11.4 Å². The Labute approximate surface area is 111 Å². The minimum atomic E-state index is -0.538. The third kappa shape index (κ3) is 3.99. The van der Waals surface area contributed by atoms with Gasteiger partial charge in [0.05, 0.1) is 0 Å². The van der Waals surface area contributed by atoms with Crippen LogP contribution in [0.3, 0.4) is 0 Å². The number of rotatable bonds is 6. The van der Waals surface area contributed by atoms with E-state index in [1.54, 1.807) is 18.3 Å². The molecule has 1 amide bonds. The van der Waals surface area contributed by atoms with Crippen LogP contribution in [0.25, 0.3) is 0 Å². The maximum absolute atomic E-state index is 11.0. The Bertz CT molecular complexity index is 543. The van der Waals surface area contributed by atoms with Gasteiger partial charge in [0, 0.05) is 18.4 Å². The molecule has 5 heteroatoms. The van der Waals surface area contributed by atoms with Gasteiger partial charge in [-0.05, 0) is 24.3 Å². The molecule has 2 rings (SSSR count). The van der Waals surface area contributed by atoms with Crippen LogP contribution in [0.4, 0.5) is 5.69 Å². The SMILES string of the molecule is NC(=O)c1cc(NCCOc2ccccc2)ccn1. The number of pyridine rings is 1. The molecule has 0 atom stereocenters. The molecular weight excluding hydrogens is 242 g/mol. The van der Waals surface area contributed by atoms with Crippen LogP contribution in [-0.2, 0) is 0 Å². The number of ether oxygens (including phenoxy) is 1. The fourth-order valence-electron chi connectivity index (χ4n) is 1.56. The van der Waals surface area contributed by atoms with E-state index in [2.05, 4.69) is 10.3 Å². The number of nitrogens with one attached hydrogen (secondary N) is 1. The fraction of sp³-hybridized carbons (Fsp3) is 0.143. The number of nitrogens with two attached hydrogens (primary N) is 1. The summed E-state index contributed by atoms with van der Waals surface area (Å²) >= 11 is 0. The quantitative estimate of drug-likeness (QED) is 0.772. The van der Waals surface area contributed by atoms with Crippen molar-refractivity contribution >= 4 is 11.6 Å². The molecule has 0 radical (unpaired) electrons. The highest BCUT2D eigenvalue weighted by atomic mass is 16.5. The third-order valence-corrected chi connectivity index (χ3v) is 2.46. The first kappa shape index (κ1) is 12.9. The number of para-hydroxylation sites is 1. The first-order chi connectivity index (χ1) is 9.25. The summed E-state index contributed by atoms with van der Waals surface area (Å²) in [4.78, 5) is 14.8. The molecule has 0 aliphatic heterocycles. The lowest BCUT2D eigenvalue weighted by molar-refractivity contribution is 0.0995. The van der Waals surface area contributed by atoms with E-state index in [1.807, 2.05) is 30.3 Å². The number of carbonyl (C=O) groups excluding carboxylic acids is 1. The maximum atomic E-state index is 11.0. The molecule has 0 aliphatic carbocycles. The highest BCUT2D eigenvalue weighted by molar-refractivity contribution is 5.91. The maximum Gasteiger partial charge on any atom is 0.267 e. The van der Waals surface area contributed by atoms with Crippen LogP contribution in [0.2, 0.25) is 0 Å². The summed E-state index contributed by atoms with van der Waals surface area (Å²) in [7, 11) is 0. The second-order valence-corrected chi connectivity index (χ2v) is 3.88. The van der Waals surface area contributed by atoms with Gasteiger partial charge in [-0.1, -0.05) is 18.2 Å². The molecule has 2 aromatic rings. The fourth-order valence-corrected chi connectivity index (χ4v) is 1.56. The predicted molar refractivity (Wildman–Crippen MR) is 73.2 cm³/mol. The molecule has 0 spiro atoms. The van der Waals surface area contributed by atoms with Gasteiger partial charge in [-0.2, -0.15) is 0 Å². The van der Waals surface area contributed by atoms with Gasteiger partial charge in [0.2, 0.25) is 0 Å². The number of anilines is 1. The number of primary amides is 1. The number of aromatic nitrogens is 1. The monoisotopic (exact) mass is 257 g/mol. The molecule has 1 aromatic carbocycles. The number of hydrogen-bond donors (Lipinski definition) is 2. The second kappa shape index (κ2) is 6.39. The van der Waals surface area contributed by atoms with Crippen LogP contribution < -0.4 is 15.8 Å². The van der Waals surface area contributed by atoms with Crippen molar-refractivity contribution in [3.63, 3.8) is 0 Å². The zero-order valence-electron chi connectivity index (χ0n) is 10.4. The van der Waals surface area contributed by atoms with Crippen LogP contribution in [0.1, 0.15) is 10.5 Å². The van der Waals surface area contributed by atoms with Gasteiger partial charge >= 0.3 is 0 Å². The molecule has 0 saturated carbocycles. The van der Waals surface area contributed by atoms with E-state index in [1.165, 1.54) is 0 Å². The molecule has 3 N–H and O–H groups in total. The predicted octanol–water partition coefficient (Wildman–Crippen LogP) is 1.67. The standard InChI is InChI=1S/C14H15N3O2/c15-14(18)13-10-11(6-7-17-13)16-8-9-19-12-4-2-1-3-5-12/h1-7,10H,8-9H2,(H2,15,18)(H,16,17). The Kier molecular flexibility index (Phi) is 4.34. The molecule has 0 aliphatic rings. The number of nitrogens with zero attached hydrogens (tertiary/aromatic N) is 1. The second-order valence-electron chi connectivity index (χ2n) is 3.88. The van der Waals surface area contributed by atoms with E-state index in [9.17, 15) is 4.79 Å². The van der Waals surface area contributed by atoms with Crippen molar-refractivity contribution in [2.24, 2.45) is 5.73 Å². The van der Waals surface area contributed by atoms with E-state index in [4.69, 9.17) is 10.5 Å². The molecule has 1 aromatic heterocycles. The number of carbonyl (C=O) groups is 1. The van der Waals surface area contributed by atoms with E-state index < -0.39 is 5.91 Å². The zero-order chi connectivity index (χ0) is 13.5. The van der Waals surface area contributed by atoms with Gasteiger partial charge in [-0.15, -0.1) is 0 Å². The zero-order valence-corrected chi connectivity index (χ0v) is 10.4. The normalized spacial score (nSPS) is 9.89. The summed E-state index contributed by atoms with van der Waals surface area (Å²) in [5, 5.41) is 3.14. The Morgan fingerprint density at radius 1 is 1.26 bits per heavy atom. The molecular formula is C14H15N3O2. The number of hydrogen-bond acceptors (Lipinski definition) is 4. The Morgan fingerprint density at radius 3 is 2.79 bits per heavy atom. The number of amides is 1. The minimum absolute atomic E-state index is 0.244. The molecule has 0 bridgehead atoms. The van der Waals surface area contributed by atoms with Crippen molar-refractivity contribution in [2.45, 2.75) is 0 Å². The van der Waals surface area contributed by atoms with Crippen molar-refractivity contribution in [2.75, 3.05) is 18.5 Å². The highest BCUT2D eigenvalue weighted by Gasteiger charge is 2.02. The van der Waals surface area contributed by atoms with Crippen LogP contribution >= 0.6 is 0 Å². The lowest BCUT2D eigenvalue weighted by Crippen LogP contribution is -2.15. The van der Waals surface area contributed by atoms with Gasteiger partial charge in [-0.3, -0.25) is 9.78 Å². The molecule has 1 heterocycles. The van der Waals surface area contributed by atoms with Crippen LogP contribution in [0, 0.1) is 0 Å². The first-order valence-corrected chi connectivity index (χ1v) is 5.93. The first-order valence-electron chi connectivity index (χ1n) is 5.93. The van der Waals surface area contributed by atoms with Crippen molar-refractivity contribution in [1.82, 2.24) is 4.98 Å². The lowest BCUT2D eigenvalue weighted by Gasteiger charge is -2.08. The number of benzene rings is 1. The van der Waals surface area contributed by atoms with Gasteiger partial charge in [-0.25, -0.2) is 0 Å². The largest absolute Gasteiger partial charge is 0.492 e. The van der Waals surface area contributed by atoms with Crippen LogP contribution in [0.5, 0.6) is 5.75 Å².